The highest BCUT2D eigenvalue weighted by Gasteiger charge is 2.14. The van der Waals surface area contributed by atoms with Crippen molar-refractivity contribution in [2.75, 3.05) is 13.1 Å². The topological polar surface area (TPSA) is 12.0 Å². The molecule has 1 nitrogen and oxygen atoms in total. The van der Waals surface area contributed by atoms with Crippen LogP contribution in [0.3, 0.4) is 0 Å². The van der Waals surface area contributed by atoms with Crippen LogP contribution in [0, 0.1) is 5.92 Å². The lowest BCUT2D eigenvalue weighted by Crippen LogP contribution is -2.24. The summed E-state index contributed by atoms with van der Waals surface area (Å²) >= 11 is 0. The predicted octanol–water partition coefficient (Wildman–Crippen LogP) is 2.49. The van der Waals surface area contributed by atoms with Gasteiger partial charge in [-0.2, -0.15) is 0 Å². The largest absolute Gasteiger partial charge is 0.313 e. The Morgan fingerprint density at radius 1 is 1.17 bits per heavy atom. The summed E-state index contributed by atoms with van der Waals surface area (Å²) < 4.78 is 0. The normalized spacial score (nSPS) is 29.8. The monoisotopic (exact) mass is 165 g/mol. The molecule has 0 atom stereocenters. The highest BCUT2D eigenvalue weighted by molar-refractivity contribution is 5.09. The lowest BCUT2D eigenvalue weighted by atomic mass is 9.99. The highest BCUT2D eigenvalue weighted by Crippen LogP contribution is 2.27. The van der Waals surface area contributed by atoms with Crippen molar-refractivity contribution in [2.45, 2.75) is 38.5 Å². The molecule has 68 valence electrons. The van der Waals surface area contributed by atoms with Crippen LogP contribution in [0.4, 0.5) is 0 Å². The van der Waals surface area contributed by atoms with Crippen LogP contribution in [0.1, 0.15) is 38.5 Å². The molecule has 1 heteroatoms. The number of nitrogens with one attached hydrogen (secondary N) is 1. The van der Waals surface area contributed by atoms with Crippen molar-refractivity contribution in [3.05, 3.63) is 11.6 Å². The van der Waals surface area contributed by atoms with Crippen LogP contribution in [-0.2, 0) is 0 Å². The van der Waals surface area contributed by atoms with Crippen molar-refractivity contribution in [3.63, 3.8) is 0 Å². The second-order valence-corrected chi connectivity index (χ2v) is 4.15. The van der Waals surface area contributed by atoms with E-state index in [0.29, 0.717) is 0 Å². The minimum atomic E-state index is 0.930. The Morgan fingerprint density at radius 2 is 2.00 bits per heavy atom. The van der Waals surface area contributed by atoms with E-state index in [1.165, 1.54) is 45.1 Å². The standard InChI is InChI=1S/C11H19N/c1-2-5-10(4-1)8-11-6-3-7-12-9-11/h8,10,12H,1-7,9H2/b11-8+. The van der Waals surface area contributed by atoms with Gasteiger partial charge in [-0.25, -0.2) is 0 Å². The number of hydrogen-bond donors (Lipinski definition) is 1. The molecule has 0 aromatic rings. The molecule has 0 unspecified atom stereocenters. The molecular formula is C11H19N. The van der Waals surface area contributed by atoms with Gasteiger partial charge in [0.2, 0.25) is 0 Å². The minimum Gasteiger partial charge on any atom is -0.313 e. The van der Waals surface area contributed by atoms with E-state index in [9.17, 15) is 0 Å². The first kappa shape index (κ1) is 8.31. The number of allylic oxidation sites excluding steroid dienone is 1. The second kappa shape index (κ2) is 4.08. The van der Waals surface area contributed by atoms with Crippen LogP contribution < -0.4 is 5.32 Å². The molecule has 12 heavy (non-hydrogen) atoms. The molecule has 1 aliphatic heterocycles. The summed E-state index contributed by atoms with van der Waals surface area (Å²) in [7, 11) is 0. The zero-order valence-electron chi connectivity index (χ0n) is 7.81. The van der Waals surface area contributed by atoms with Gasteiger partial charge in [0.25, 0.3) is 0 Å². The molecule has 0 aromatic heterocycles. The van der Waals surface area contributed by atoms with E-state index in [2.05, 4.69) is 11.4 Å². The van der Waals surface area contributed by atoms with Gasteiger partial charge in [0, 0.05) is 6.54 Å². The maximum atomic E-state index is 3.44. The lowest BCUT2D eigenvalue weighted by Gasteiger charge is -2.16. The van der Waals surface area contributed by atoms with E-state index in [1.807, 2.05) is 0 Å². The average molecular weight is 165 g/mol. The minimum absolute atomic E-state index is 0.930. The quantitative estimate of drug-likeness (QED) is 0.589. The van der Waals surface area contributed by atoms with Gasteiger partial charge >= 0.3 is 0 Å². The van der Waals surface area contributed by atoms with Crippen molar-refractivity contribution in [1.82, 2.24) is 5.32 Å². The summed E-state index contributed by atoms with van der Waals surface area (Å²) in [4.78, 5) is 0. The number of hydrogen-bond acceptors (Lipinski definition) is 1. The summed E-state index contributed by atoms with van der Waals surface area (Å²) in [5, 5.41) is 3.44. The van der Waals surface area contributed by atoms with Gasteiger partial charge in [0.15, 0.2) is 0 Å². The van der Waals surface area contributed by atoms with Gasteiger partial charge in [0.05, 0.1) is 0 Å². The fraction of sp³-hybridized carbons (Fsp3) is 0.818. The van der Waals surface area contributed by atoms with E-state index in [-0.39, 0.29) is 0 Å². The predicted molar refractivity (Wildman–Crippen MR) is 52.1 cm³/mol. The van der Waals surface area contributed by atoms with Crippen molar-refractivity contribution >= 4 is 0 Å². The van der Waals surface area contributed by atoms with E-state index < -0.39 is 0 Å². The molecule has 0 radical (unpaired) electrons. The van der Waals surface area contributed by atoms with Crippen LogP contribution in [-0.4, -0.2) is 13.1 Å². The molecule has 1 heterocycles. The molecule has 2 rings (SSSR count). The highest BCUT2D eigenvalue weighted by atomic mass is 14.9. The number of piperidine rings is 1. The Hall–Kier alpha value is -0.300. The summed E-state index contributed by atoms with van der Waals surface area (Å²) in [6.07, 6.45) is 11.1. The summed E-state index contributed by atoms with van der Waals surface area (Å²) in [6.45, 7) is 2.39. The molecule has 2 aliphatic rings. The van der Waals surface area contributed by atoms with Crippen molar-refractivity contribution in [3.8, 4) is 0 Å². The lowest BCUT2D eigenvalue weighted by molar-refractivity contribution is 0.591. The van der Waals surface area contributed by atoms with Gasteiger partial charge in [-0.15, -0.1) is 0 Å². The second-order valence-electron chi connectivity index (χ2n) is 4.15. The Kier molecular flexibility index (Phi) is 2.83. The van der Waals surface area contributed by atoms with Crippen molar-refractivity contribution in [2.24, 2.45) is 5.92 Å². The summed E-state index contributed by atoms with van der Waals surface area (Å²) in [6, 6.07) is 0. The average Bonchev–Trinajstić information content (AvgIpc) is 2.59. The van der Waals surface area contributed by atoms with Crippen LogP contribution in [0.25, 0.3) is 0 Å². The molecule has 1 N–H and O–H groups in total. The van der Waals surface area contributed by atoms with E-state index in [4.69, 9.17) is 0 Å². The zero-order chi connectivity index (χ0) is 8.23. The van der Waals surface area contributed by atoms with E-state index >= 15 is 0 Å². The van der Waals surface area contributed by atoms with Crippen LogP contribution in [0.2, 0.25) is 0 Å². The fourth-order valence-corrected chi connectivity index (χ4v) is 2.38. The molecular weight excluding hydrogens is 146 g/mol. The van der Waals surface area contributed by atoms with Crippen molar-refractivity contribution in [1.29, 1.82) is 0 Å². The third-order valence-electron chi connectivity index (χ3n) is 3.07. The first-order chi connectivity index (χ1) is 5.95. The van der Waals surface area contributed by atoms with Gasteiger partial charge in [-0.3, -0.25) is 0 Å². The summed E-state index contributed by atoms with van der Waals surface area (Å²) in [5.41, 5.74) is 1.67. The van der Waals surface area contributed by atoms with E-state index in [1.54, 1.807) is 5.57 Å². The van der Waals surface area contributed by atoms with Gasteiger partial charge in [0.1, 0.15) is 0 Å². The molecule has 1 saturated carbocycles. The molecule has 0 amide bonds. The number of rotatable bonds is 1. The molecule has 0 spiro atoms. The van der Waals surface area contributed by atoms with Crippen LogP contribution in [0.5, 0.6) is 0 Å². The third-order valence-corrected chi connectivity index (χ3v) is 3.07. The summed E-state index contributed by atoms with van der Waals surface area (Å²) in [5.74, 6) is 0.930. The van der Waals surface area contributed by atoms with Gasteiger partial charge in [-0.1, -0.05) is 24.5 Å². The Labute approximate surface area is 75.2 Å². The maximum Gasteiger partial charge on any atom is 0.0164 e. The Balaban J connectivity index is 1.87. The van der Waals surface area contributed by atoms with Crippen molar-refractivity contribution < 1.29 is 0 Å². The Bertz CT molecular complexity index is 158. The molecule has 2 fully saturated rings. The third kappa shape index (κ3) is 2.10. The zero-order valence-corrected chi connectivity index (χ0v) is 7.81. The smallest absolute Gasteiger partial charge is 0.0164 e. The molecule has 1 aliphatic carbocycles. The maximum absolute atomic E-state index is 3.44. The molecule has 0 bridgehead atoms. The molecule has 1 saturated heterocycles. The van der Waals surface area contributed by atoms with Crippen LogP contribution >= 0.6 is 0 Å². The van der Waals surface area contributed by atoms with Gasteiger partial charge in [-0.05, 0) is 38.1 Å². The van der Waals surface area contributed by atoms with Gasteiger partial charge < -0.3 is 5.32 Å². The first-order valence-corrected chi connectivity index (χ1v) is 5.35. The fourth-order valence-electron chi connectivity index (χ4n) is 2.38. The Morgan fingerprint density at radius 3 is 2.67 bits per heavy atom. The SMILES string of the molecule is C(=C1/CCCNC1)/C1CCCC1. The van der Waals surface area contributed by atoms with Crippen LogP contribution in [0.15, 0.2) is 11.6 Å². The molecule has 0 aromatic carbocycles. The first-order valence-electron chi connectivity index (χ1n) is 5.35. The van der Waals surface area contributed by atoms with E-state index in [0.717, 1.165) is 12.5 Å².